The molecule has 0 aliphatic carbocycles. The van der Waals surface area contributed by atoms with E-state index in [0.717, 1.165) is 70.6 Å². The number of allylic oxidation sites excluding steroid dienone is 13. The molecule has 0 saturated heterocycles. The average molecular weight is 1000 g/mol. The Morgan fingerprint density at radius 3 is 1.31 bits per heavy atom. The van der Waals surface area contributed by atoms with E-state index in [2.05, 4.69) is 92.1 Å². The maximum absolute atomic E-state index is 12.9. The van der Waals surface area contributed by atoms with E-state index in [4.69, 9.17) is 9.05 Å². The molecular weight excluding hydrogens is 888 g/mol. The Bertz CT molecular complexity index is 1410. The van der Waals surface area contributed by atoms with Crippen molar-refractivity contribution < 1.29 is 32.9 Å². The molecule has 0 spiro atoms. The molecule has 0 aromatic carbocycles. The molecule has 0 heterocycles. The van der Waals surface area contributed by atoms with Crippen LogP contribution in [0.25, 0.3) is 0 Å². The highest BCUT2D eigenvalue weighted by molar-refractivity contribution is 7.47. The van der Waals surface area contributed by atoms with Crippen molar-refractivity contribution in [3.63, 3.8) is 0 Å². The monoisotopic (exact) mass is 1000 g/mol. The standard InChI is InChI=1S/C61H111N2O6P/c1-6-8-10-12-14-16-17-18-19-20-21-22-23-24-25-26-27-28-29-30-31-32-33-34-35-36-37-38-39-40-41-42-43-44-45-47-49-51-53-55-61(65)62-59(58-69-70(66,67)68-57-56-63(3,4)5)60(64)54-52-50-48-46-15-13-11-9-7-2/h8,10,14-16,18-19,21-22,24-25,46,52,54,59-60,64H,6-7,9,11-13,17,20,23,26-45,47-51,53,55-58H2,1-5H3,(H-,62,65,66,67)/p+1/b10-8-,16-14-,19-18-,22-21-,25-24-,46-15+,54-52+. The number of nitrogens with one attached hydrogen (secondary N) is 1. The van der Waals surface area contributed by atoms with Gasteiger partial charge in [-0.3, -0.25) is 13.8 Å². The van der Waals surface area contributed by atoms with Crippen LogP contribution < -0.4 is 5.32 Å². The minimum atomic E-state index is -4.35. The largest absolute Gasteiger partial charge is 0.472 e. The van der Waals surface area contributed by atoms with Crippen LogP contribution in [-0.2, 0) is 18.4 Å². The molecule has 0 rings (SSSR count). The van der Waals surface area contributed by atoms with Crippen LogP contribution in [0.4, 0.5) is 0 Å². The number of likely N-dealkylation sites (N-methyl/N-ethyl adjacent to an activating group) is 1. The zero-order chi connectivity index (χ0) is 51.3. The first kappa shape index (κ1) is 67.7. The number of amides is 1. The fourth-order valence-corrected chi connectivity index (χ4v) is 8.82. The molecule has 406 valence electrons. The van der Waals surface area contributed by atoms with Gasteiger partial charge in [0.15, 0.2) is 0 Å². The van der Waals surface area contributed by atoms with Crippen LogP contribution in [0, 0.1) is 0 Å². The molecule has 0 saturated carbocycles. The van der Waals surface area contributed by atoms with Gasteiger partial charge in [-0.25, -0.2) is 4.57 Å². The predicted molar refractivity (Wildman–Crippen MR) is 304 cm³/mol. The molecule has 1 amide bonds. The number of carbonyl (C=O) groups excluding carboxylic acids is 1. The number of quaternary nitrogens is 1. The minimum absolute atomic E-state index is 0.0549. The van der Waals surface area contributed by atoms with E-state index in [0.29, 0.717) is 17.4 Å². The maximum Gasteiger partial charge on any atom is 0.472 e. The van der Waals surface area contributed by atoms with Crippen molar-refractivity contribution >= 4 is 13.7 Å². The zero-order valence-electron chi connectivity index (χ0n) is 46.2. The smallest absolute Gasteiger partial charge is 0.387 e. The Balaban J connectivity index is 3.84. The van der Waals surface area contributed by atoms with Crippen molar-refractivity contribution in [3.05, 3.63) is 85.1 Å². The number of hydrogen-bond donors (Lipinski definition) is 3. The first-order valence-corrected chi connectivity index (χ1v) is 30.5. The van der Waals surface area contributed by atoms with E-state index >= 15 is 0 Å². The molecule has 0 aliphatic heterocycles. The highest BCUT2D eigenvalue weighted by Crippen LogP contribution is 2.43. The van der Waals surface area contributed by atoms with Gasteiger partial charge in [-0.05, 0) is 77.0 Å². The predicted octanol–water partition coefficient (Wildman–Crippen LogP) is 17.6. The summed E-state index contributed by atoms with van der Waals surface area (Å²) in [7, 11) is 1.55. The molecule has 0 aromatic heterocycles. The van der Waals surface area contributed by atoms with Gasteiger partial charge >= 0.3 is 7.82 Å². The number of rotatable bonds is 52. The summed E-state index contributed by atoms with van der Waals surface area (Å²) in [5.74, 6) is -0.189. The molecule has 9 heteroatoms. The zero-order valence-corrected chi connectivity index (χ0v) is 47.1. The summed E-state index contributed by atoms with van der Waals surface area (Å²) < 4.78 is 23.5. The fourth-order valence-electron chi connectivity index (χ4n) is 8.09. The fraction of sp³-hybridized carbons (Fsp3) is 0.754. The third kappa shape index (κ3) is 53.5. The van der Waals surface area contributed by atoms with Gasteiger partial charge in [-0.1, -0.05) is 247 Å². The van der Waals surface area contributed by atoms with E-state index < -0.39 is 20.0 Å². The summed E-state index contributed by atoms with van der Waals surface area (Å²) in [6, 6.07) is -0.862. The second-order valence-electron chi connectivity index (χ2n) is 20.6. The lowest BCUT2D eigenvalue weighted by molar-refractivity contribution is -0.870. The van der Waals surface area contributed by atoms with Crippen molar-refractivity contribution in [3.8, 4) is 0 Å². The van der Waals surface area contributed by atoms with Crippen LogP contribution in [-0.4, -0.2) is 73.4 Å². The third-order valence-corrected chi connectivity index (χ3v) is 13.6. The molecule has 3 N–H and O–H groups in total. The molecule has 70 heavy (non-hydrogen) atoms. The summed E-state index contributed by atoms with van der Waals surface area (Å²) in [5, 5.41) is 13.8. The van der Waals surface area contributed by atoms with Crippen LogP contribution in [0.1, 0.15) is 245 Å². The Kier molecular flexibility index (Phi) is 49.9. The molecule has 3 unspecified atom stereocenters. The van der Waals surface area contributed by atoms with Crippen LogP contribution in [0.15, 0.2) is 85.1 Å². The summed E-state index contributed by atoms with van der Waals surface area (Å²) >= 11 is 0. The van der Waals surface area contributed by atoms with Gasteiger partial charge in [0.25, 0.3) is 0 Å². The summed E-state index contributed by atoms with van der Waals surface area (Å²) in [4.78, 5) is 23.1. The van der Waals surface area contributed by atoms with Crippen LogP contribution in [0.5, 0.6) is 0 Å². The molecule has 0 radical (unpaired) electrons. The van der Waals surface area contributed by atoms with E-state index in [1.54, 1.807) is 6.08 Å². The summed E-state index contributed by atoms with van der Waals surface area (Å²) in [5.41, 5.74) is 0. The van der Waals surface area contributed by atoms with Crippen molar-refractivity contribution in [1.29, 1.82) is 0 Å². The molecule has 0 aliphatic rings. The molecule has 3 atom stereocenters. The number of hydrogen-bond acceptors (Lipinski definition) is 5. The highest BCUT2D eigenvalue weighted by atomic mass is 31.2. The van der Waals surface area contributed by atoms with E-state index in [9.17, 15) is 19.4 Å². The number of phosphoric acid groups is 1. The average Bonchev–Trinajstić information content (AvgIpc) is 3.32. The molecule has 0 aromatic rings. The van der Waals surface area contributed by atoms with Gasteiger partial charge < -0.3 is 19.8 Å². The van der Waals surface area contributed by atoms with Gasteiger partial charge in [0.2, 0.25) is 5.91 Å². The number of phosphoric ester groups is 1. The number of aliphatic hydroxyl groups excluding tert-OH is 1. The summed E-state index contributed by atoms with van der Waals surface area (Å²) in [6.45, 7) is 4.63. The van der Waals surface area contributed by atoms with Crippen molar-refractivity contribution in [1.82, 2.24) is 5.32 Å². The van der Waals surface area contributed by atoms with Gasteiger partial charge in [0.05, 0.1) is 39.9 Å². The van der Waals surface area contributed by atoms with Crippen molar-refractivity contribution in [2.24, 2.45) is 0 Å². The van der Waals surface area contributed by atoms with E-state index in [1.165, 1.54) is 154 Å². The second-order valence-corrected chi connectivity index (χ2v) is 22.1. The van der Waals surface area contributed by atoms with Crippen molar-refractivity contribution in [2.75, 3.05) is 40.9 Å². The Morgan fingerprint density at radius 1 is 0.500 bits per heavy atom. The number of nitrogens with zero attached hydrogens (tertiary/aromatic N) is 1. The second kappa shape index (κ2) is 51.6. The molecular formula is C61H112N2O6P+. The normalized spacial score (nSPS) is 14.6. The topological polar surface area (TPSA) is 105 Å². The van der Waals surface area contributed by atoms with Crippen LogP contribution >= 0.6 is 7.82 Å². The lowest BCUT2D eigenvalue weighted by Crippen LogP contribution is -2.45. The first-order valence-electron chi connectivity index (χ1n) is 29.0. The first-order chi connectivity index (χ1) is 34.0. The van der Waals surface area contributed by atoms with Gasteiger partial charge in [-0.2, -0.15) is 0 Å². The number of aliphatic hydroxyl groups is 1. The highest BCUT2D eigenvalue weighted by Gasteiger charge is 2.27. The molecule has 0 bridgehead atoms. The van der Waals surface area contributed by atoms with Crippen LogP contribution in [0.3, 0.4) is 0 Å². The maximum atomic E-state index is 12.9. The lowest BCUT2D eigenvalue weighted by Gasteiger charge is -2.25. The quantitative estimate of drug-likeness (QED) is 0.0243. The van der Waals surface area contributed by atoms with Gasteiger partial charge in [0, 0.05) is 6.42 Å². The Labute approximate surface area is 433 Å². The molecule has 8 nitrogen and oxygen atoms in total. The molecule has 0 fully saturated rings. The van der Waals surface area contributed by atoms with E-state index in [1.807, 2.05) is 27.2 Å². The van der Waals surface area contributed by atoms with Crippen LogP contribution in [0.2, 0.25) is 0 Å². The number of carbonyl (C=O) groups is 1. The SMILES string of the molecule is CC/C=C\C/C=C\C/C=C\C/C=C\C/C=C\CCCCCCCCCCCCCCCCCCCCCCCCCC(=O)NC(COP(=O)(O)OCC[N+](C)(C)C)C(O)/C=C/CC/C=C/CCCCC. The van der Waals surface area contributed by atoms with Crippen molar-refractivity contribution in [2.45, 2.75) is 257 Å². The van der Waals surface area contributed by atoms with Gasteiger partial charge in [-0.15, -0.1) is 0 Å². The lowest BCUT2D eigenvalue weighted by atomic mass is 10.0. The Hall–Kier alpha value is -2.32. The van der Waals surface area contributed by atoms with E-state index in [-0.39, 0.29) is 19.1 Å². The minimum Gasteiger partial charge on any atom is -0.387 e. The number of unbranched alkanes of at least 4 members (excludes halogenated alkanes) is 27. The van der Waals surface area contributed by atoms with Gasteiger partial charge in [0.1, 0.15) is 13.2 Å². The Morgan fingerprint density at radius 2 is 0.871 bits per heavy atom. The summed E-state index contributed by atoms with van der Waals surface area (Å²) in [6.07, 6.45) is 73.0. The third-order valence-electron chi connectivity index (χ3n) is 12.6.